The van der Waals surface area contributed by atoms with Crippen LogP contribution in [0.2, 0.25) is 0 Å². The summed E-state index contributed by atoms with van der Waals surface area (Å²) in [6.07, 6.45) is 4.00. The number of carbonyl (C=O) groups excluding carboxylic acids is 2. The third-order valence-corrected chi connectivity index (χ3v) is 2.76. The Bertz CT molecular complexity index is 413. The van der Waals surface area contributed by atoms with Crippen molar-refractivity contribution in [3.63, 3.8) is 0 Å². The van der Waals surface area contributed by atoms with E-state index >= 15 is 0 Å². The van der Waals surface area contributed by atoms with Gasteiger partial charge in [0.05, 0.1) is 0 Å². The fourth-order valence-corrected chi connectivity index (χ4v) is 1.81. The van der Waals surface area contributed by atoms with E-state index in [0.29, 0.717) is 18.8 Å². The Labute approximate surface area is 105 Å². The molecule has 0 atom stereocenters. The molecule has 1 fully saturated rings. The van der Waals surface area contributed by atoms with Gasteiger partial charge in [0.1, 0.15) is 0 Å². The minimum absolute atomic E-state index is 0.476. The Morgan fingerprint density at radius 1 is 1.22 bits per heavy atom. The van der Waals surface area contributed by atoms with Gasteiger partial charge in [-0.2, -0.15) is 0 Å². The number of aromatic nitrogens is 1. The molecule has 0 aromatic carbocycles. The summed E-state index contributed by atoms with van der Waals surface area (Å²) in [5.41, 5.74) is 0.580. The quantitative estimate of drug-likeness (QED) is 0.677. The van der Waals surface area contributed by atoms with Crippen molar-refractivity contribution < 1.29 is 9.59 Å². The number of amides is 2. The zero-order chi connectivity index (χ0) is 12.8. The van der Waals surface area contributed by atoms with E-state index < -0.39 is 11.8 Å². The minimum atomic E-state index is -0.594. The topological polar surface area (TPSA) is 74.3 Å². The van der Waals surface area contributed by atoms with Crippen LogP contribution in [0, 0.1) is 0 Å². The number of hydrogen-bond acceptors (Lipinski definition) is 4. The summed E-state index contributed by atoms with van der Waals surface area (Å²) < 4.78 is 0. The molecule has 0 spiro atoms. The maximum absolute atomic E-state index is 11.9. The predicted octanol–water partition coefficient (Wildman–Crippen LogP) is -0.158. The standard InChI is InChI=1S/C12H16N4O2/c17-11(15-10-2-5-14-6-3-10)12(18)16-8-1-4-13-7-9-16/h2-3,5-6,13H,1,4,7-9H2,(H,14,15,17). The monoisotopic (exact) mass is 248 g/mol. The number of anilines is 1. The molecule has 0 unspecified atom stereocenters. The van der Waals surface area contributed by atoms with E-state index in [-0.39, 0.29) is 0 Å². The number of nitrogens with zero attached hydrogens (tertiary/aromatic N) is 2. The minimum Gasteiger partial charge on any atom is -0.333 e. The average Bonchev–Trinajstić information content (AvgIpc) is 2.68. The normalized spacial score (nSPS) is 15.9. The predicted molar refractivity (Wildman–Crippen MR) is 66.9 cm³/mol. The largest absolute Gasteiger partial charge is 0.333 e. The van der Waals surface area contributed by atoms with Crippen molar-refractivity contribution in [2.45, 2.75) is 6.42 Å². The highest BCUT2D eigenvalue weighted by Crippen LogP contribution is 2.04. The molecule has 2 rings (SSSR count). The van der Waals surface area contributed by atoms with Crippen LogP contribution in [0.15, 0.2) is 24.5 Å². The summed E-state index contributed by atoms with van der Waals surface area (Å²) in [6.45, 7) is 2.81. The number of carbonyl (C=O) groups is 2. The van der Waals surface area contributed by atoms with Gasteiger partial charge in [-0.3, -0.25) is 14.6 Å². The molecule has 1 aliphatic heterocycles. The Hall–Kier alpha value is -1.95. The molecule has 2 amide bonds. The molecule has 1 aliphatic rings. The van der Waals surface area contributed by atoms with Crippen molar-refractivity contribution >= 4 is 17.5 Å². The lowest BCUT2D eigenvalue weighted by Crippen LogP contribution is -2.41. The van der Waals surface area contributed by atoms with Crippen molar-refractivity contribution in [3.05, 3.63) is 24.5 Å². The summed E-state index contributed by atoms with van der Waals surface area (Å²) in [4.78, 5) is 29.1. The van der Waals surface area contributed by atoms with E-state index in [1.807, 2.05) is 0 Å². The first-order valence-electron chi connectivity index (χ1n) is 5.98. The molecule has 0 bridgehead atoms. The second kappa shape index (κ2) is 6.11. The highest BCUT2D eigenvalue weighted by atomic mass is 16.2. The zero-order valence-electron chi connectivity index (χ0n) is 10.1. The van der Waals surface area contributed by atoms with Gasteiger partial charge >= 0.3 is 11.8 Å². The summed E-state index contributed by atoms with van der Waals surface area (Å²) in [7, 11) is 0. The molecule has 18 heavy (non-hydrogen) atoms. The van der Waals surface area contributed by atoms with Crippen molar-refractivity contribution in [3.8, 4) is 0 Å². The lowest BCUT2D eigenvalue weighted by atomic mass is 10.3. The summed E-state index contributed by atoms with van der Waals surface area (Å²) in [5, 5.41) is 5.76. The van der Waals surface area contributed by atoms with Crippen LogP contribution < -0.4 is 10.6 Å². The third kappa shape index (κ3) is 3.27. The lowest BCUT2D eigenvalue weighted by molar-refractivity contribution is -0.143. The van der Waals surface area contributed by atoms with E-state index in [9.17, 15) is 9.59 Å². The summed E-state index contributed by atoms with van der Waals surface area (Å²) in [5.74, 6) is -1.07. The van der Waals surface area contributed by atoms with Crippen LogP contribution in [-0.2, 0) is 9.59 Å². The fraction of sp³-hybridized carbons (Fsp3) is 0.417. The highest BCUT2D eigenvalue weighted by molar-refractivity contribution is 6.39. The SMILES string of the molecule is O=C(Nc1ccncc1)C(=O)N1CCCNCC1. The van der Waals surface area contributed by atoms with Crippen LogP contribution in [0.3, 0.4) is 0 Å². The van der Waals surface area contributed by atoms with Crippen molar-refractivity contribution in [2.24, 2.45) is 0 Å². The van der Waals surface area contributed by atoms with Gasteiger partial charge in [-0.15, -0.1) is 0 Å². The molecule has 6 heteroatoms. The lowest BCUT2D eigenvalue weighted by Gasteiger charge is -2.19. The second-order valence-corrected chi connectivity index (χ2v) is 4.09. The summed E-state index contributed by atoms with van der Waals surface area (Å²) in [6, 6.07) is 3.30. The van der Waals surface area contributed by atoms with Crippen LogP contribution in [0.5, 0.6) is 0 Å². The van der Waals surface area contributed by atoms with Gasteiger partial charge in [-0.25, -0.2) is 0 Å². The number of rotatable bonds is 1. The van der Waals surface area contributed by atoms with E-state index in [1.54, 1.807) is 29.4 Å². The first-order valence-corrected chi connectivity index (χ1v) is 5.98. The van der Waals surface area contributed by atoms with Crippen LogP contribution in [0.1, 0.15) is 6.42 Å². The fourth-order valence-electron chi connectivity index (χ4n) is 1.81. The van der Waals surface area contributed by atoms with Crippen LogP contribution in [-0.4, -0.2) is 47.9 Å². The molecule has 2 heterocycles. The molecule has 0 saturated carbocycles. The van der Waals surface area contributed by atoms with Crippen LogP contribution >= 0.6 is 0 Å². The molecule has 0 aliphatic carbocycles. The molecule has 0 radical (unpaired) electrons. The van der Waals surface area contributed by atoms with Gasteiger partial charge < -0.3 is 15.5 Å². The van der Waals surface area contributed by atoms with Crippen LogP contribution in [0.4, 0.5) is 5.69 Å². The maximum atomic E-state index is 11.9. The van der Waals surface area contributed by atoms with E-state index in [4.69, 9.17) is 0 Å². The molecule has 96 valence electrons. The van der Waals surface area contributed by atoms with E-state index in [1.165, 1.54) is 0 Å². The third-order valence-electron chi connectivity index (χ3n) is 2.76. The van der Waals surface area contributed by atoms with Gasteiger partial charge in [0.15, 0.2) is 0 Å². The molecular formula is C12H16N4O2. The van der Waals surface area contributed by atoms with Gasteiger partial charge in [0.2, 0.25) is 0 Å². The molecule has 1 aromatic rings. The van der Waals surface area contributed by atoms with Crippen molar-refractivity contribution in [1.29, 1.82) is 0 Å². The first-order chi connectivity index (χ1) is 8.77. The Morgan fingerprint density at radius 2 is 2.00 bits per heavy atom. The van der Waals surface area contributed by atoms with Gasteiger partial charge in [0.25, 0.3) is 0 Å². The van der Waals surface area contributed by atoms with Crippen LogP contribution in [0.25, 0.3) is 0 Å². The zero-order valence-corrected chi connectivity index (χ0v) is 10.1. The first kappa shape index (κ1) is 12.5. The number of pyridine rings is 1. The Morgan fingerprint density at radius 3 is 2.78 bits per heavy atom. The average molecular weight is 248 g/mol. The van der Waals surface area contributed by atoms with E-state index in [2.05, 4.69) is 15.6 Å². The molecular weight excluding hydrogens is 232 g/mol. The number of nitrogens with one attached hydrogen (secondary N) is 2. The van der Waals surface area contributed by atoms with Gasteiger partial charge in [0, 0.05) is 37.7 Å². The number of hydrogen-bond donors (Lipinski definition) is 2. The van der Waals surface area contributed by atoms with E-state index in [0.717, 1.165) is 19.5 Å². The smallest absolute Gasteiger partial charge is 0.313 e. The molecule has 1 aromatic heterocycles. The second-order valence-electron chi connectivity index (χ2n) is 4.09. The maximum Gasteiger partial charge on any atom is 0.313 e. The molecule has 1 saturated heterocycles. The molecule has 2 N–H and O–H groups in total. The van der Waals surface area contributed by atoms with Gasteiger partial charge in [-0.05, 0) is 25.1 Å². The summed E-state index contributed by atoms with van der Waals surface area (Å²) >= 11 is 0. The van der Waals surface area contributed by atoms with Crippen molar-refractivity contribution in [1.82, 2.24) is 15.2 Å². The van der Waals surface area contributed by atoms with Crippen molar-refractivity contribution in [2.75, 3.05) is 31.5 Å². The molecule has 6 nitrogen and oxygen atoms in total. The Balaban J connectivity index is 1.93. The van der Waals surface area contributed by atoms with Gasteiger partial charge in [-0.1, -0.05) is 0 Å². The Kier molecular flexibility index (Phi) is 4.25. The highest BCUT2D eigenvalue weighted by Gasteiger charge is 2.22.